The molecule has 0 aromatic carbocycles. The van der Waals surface area contributed by atoms with Crippen LogP contribution in [0.15, 0.2) is 16.7 Å². The van der Waals surface area contributed by atoms with E-state index >= 15 is 0 Å². The fraction of sp³-hybridized carbons (Fsp3) is 0.500. The molecule has 0 saturated heterocycles. The monoisotopic (exact) mass is 217 g/mol. The minimum absolute atomic E-state index is 0. The van der Waals surface area contributed by atoms with Gasteiger partial charge >= 0.3 is 17.4 Å². The zero-order chi connectivity index (χ0) is 7.94. The average molecular weight is 217 g/mol. The van der Waals surface area contributed by atoms with Gasteiger partial charge in [-0.2, -0.15) is 11.1 Å². The van der Waals surface area contributed by atoms with Crippen molar-refractivity contribution < 1.29 is 17.4 Å². The molecule has 0 spiro atoms. The molecule has 0 bridgehead atoms. The Morgan fingerprint density at radius 1 is 1.00 bits per heavy atom. The Labute approximate surface area is 95.3 Å². The van der Waals surface area contributed by atoms with Crippen molar-refractivity contribution >= 4 is 0 Å². The first-order valence-corrected chi connectivity index (χ1v) is 3.75. The molecule has 0 heterocycles. The second kappa shape index (κ2) is 5.68. The molecule has 13 heavy (non-hydrogen) atoms. The molecule has 0 fully saturated rings. The predicted molar refractivity (Wildman–Crippen MR) is 57.4 cm³/mol. The molecule has 0 saturated carbocycles. The number of rotatable bonds is 0. The number of hydrogen-bond donors (Lipinski definition) is 0. The van der Waals surface area contributed by atoms with Crippen LogP contribution in [0.5, 0.6) is 0 Å². The molecule has 0 aliphatic heterocycles. The van der Waals surface area contributed by atoms with Gasteiger partial charge in [0.15, 0.2) is 0 Å². The molecule has 1 aliphatic carbocycles. The zero-order valence-corrected chi connectivity index (χ0v) is 11.2. The van der Waals surface area contributed by atoms with Crippen LogP contribution in [-0.4, -0.2) is 0 Å². The molecule has 1 radical (unpaired) electrons. The van der Waals surface area contributed by atoms with Gasteiger partial charge < -0.3 is 14.9 Å². The van der Waals surface area contributed by atoms with Crippen molar-refractivity contribution in [3.63, 3.8) is 0 Å². The second-order valence-electron chi connectivity index (χ2n) is 3.62. The van der Waals surface area contributed by atoms with Gasteiger partial charge in [-0.1, -0.05) is 33.1 Å². The summed E-state index contributed by atoms with van der Waals surface area (Å²) in [5, 5.41) is 0. The molecular weight excluding hydrogens is 196 g/mol. The van der Waals surface area contributed by atoms with Crippen LogP contribution < -0.4 is 0 Å². The van der Waals surface area contributed by atoms with Gasteiger partial charge in [0.1, 0.15) is 0 Å². The zero-order valence-electron chi connectivity index (χ0n) is 9.91. The largest absolute Gasteiger partial charge is 3.00 e. The smallest absolute Gasteiger partial charge is 0.358 e. The Bertz CT molecular complexity index is 219. The molecule has 0 aromatic rings. The standard InChI is InChI=1S/C10H15.2CH3.Cr/c1-7-6-10(4,5)9(3)8(7)2;;;/h1-5H3;2*1H3;/q3*-1;+3. The summed E-state index contributed by atoms with van der Waals surface area (Å²) in [6.45, 7) is 10.9. The normalized spacial score (nSPS) is 18.1. The maximum atomic E-state index is 3.44. The minimum Gasteiger partial charge on any atom is -0.358 e. The molecule has 0 nitrogen and oxygen atoms in total. The van der Waals surface area contributed by atoms with E-state index in [1.54, 1.807) is 0 Å². The van der Waals surface area contributed by atoms with Gasteiger partial charge in [0.2, 0.25) is 0 Å². The van der Waals surface area contributed by atoms with E-state index in [-0.39, 0.29) is 37.6 Å². The molecular formula is C12H21Cr. The topological polar surface area (TPSA) is 0 Å². The molecule has 0 N–H and O–H groups in total. The van der Waals surface area contributed by atoms with E-state index in [1.807, 2.05) is 0 Å². The van der Waals surface area contributed by atoms with Crippen molar-refractivity contribution in [2.75, 3.05) is 0 Å². The second-order valence-corrected chi connectivity index (χ2v) is 3.62. The SMILES string of the molecule is CC1=[C-]C(C)(C)C(C)=C1C.[CH3-].[CH3-].[Cr+3]. The first-order chi connectivity index (χ1) is 4.45. The van der Waals surface area contributed by atoms with Crippen LogP contribution in [-0.2, 0) is 17.4 Å². The van der Waals surface area contributed by atoms with E-state index in [9.17, 15) is 0 Å². The van der Waals surface area contributed by atoms with Crippen molar-refractivity contribution in [1.82, 2.24) is 0 Å². The van der Waals surface area contributed by atoms with Crippen LogP contribution in [0.2, 0.25) is 0 Å². The van der Waals surface area contributed by atoms with Gasteiger partial charge in [-0.05, 0) is 0 Å². The van der Waals surface area contributed by atoms with Crippen molar-refractivity contribution in [2.24, 2.45) is 5.41 Å². The van der Waals surface area contributed by atoms with Crippen LogP contribution in [0.4, 0.5) is 0 Å². The van der Waals surface area contributed by atoms with Gasteiger partial charge in [-0.25, -0.2) is 5.57 Å². The predicted octanol–water partition coefficient (Wildman–Crippen LogP) is 4.01. The van der Waals surface area contributed by atoms with Crippen LogP contribution in [0.3, 0.4) is 0 Å². The fourth-order valence-corrected chi connectivity index (χ4v) is 1.41. The summed E-state index contributed by atoms with van der Waals surface area (Å²) in [6.07, 6.45) is 3.44. The van der Waals surface area contributed by atoms with E-state index in [0.29, 0.717) is 0 Å². The Kier molecular flexibility index (Phi) is 8.19. The van der Waals surface area contributed by atoms with E-state index < -0.39 is 0 Å². The van der Waals surface area contributed by atoms with Crippen molar-refractivity contribution in [3.8, 4) is 0 Å². The van der Waals surface area contributed by atoms with E-state index in [4.69, 9.17) is 0 Å². The molecule has 0 aromatic heterocycles. The minimum atomic E-state index is 0. The summed E-state index contributed by atoms with van der Waals surface area (Å²) in [4.78, 5) is 0. The van der Waals surface area contributed by atoms with Crippen LogP contribution in [0.1, 0.15) is 34.6 Å². The van der Waals surface area contributed by atoms with E-state index in [2.05, 4.69) is 40.7 Å². The van der Waals surface area contributed by atoms with E-state index in [1.165, 1.54) is 16.7 Å². The Balaban J connectivity index is -0.000000333. The van der Waals surface area contributed by atoms with Gasteiger partial charge in [-0.15, -0.1) is 6.92 Å². The molecule has 1 aliphatic rings. The summed E-state index contributed by atoms with van der Waals surface area (Å²) in [6, 6.07) is 0. The molecule has 1 rings (SSSR count). The maximum absolute atomic E-state index is 3.44. The number of hydrogen-bond acceptors (Lipinski definition) is 0. The quantitative estimate of drug-likeness (QED) is 0.538. The van der Waals surface area contributed by atoms with Gasteiger partial charge in [-0.3, -0.25) is 6.08 Å². The maximum Gasteiger partial charge on any atom is 3.00 e. The van der Waals surface area contributed by atoms with Crippen molar-refractivity contribution in [3.05, 3.63) is 37.6 Å². The van der Waals surface area contributed by atoms with Gasteiger partial charge in [0.25, 0.3) is 0 Å². The first-order valence-electron chi connectivity index (χ1n) is 3.75. The Hall–Kier alpha value is 0.0125. The Morgan fingerprint density at radius 2 is 1.38 bits per heavy atom. The number of allylic oxidation sites excluding steroid dienone is 4. The summed E-state index contributed by atoms with van der Waals surface area (Å²) < 4.78 is 0. The third kappa shape index (κ3) is 3.33. The molecule has 0 unspecified atom stereocenters. The third-order valence-corrected chi connectivity index (χ3v) is 2.56. The summed E-state index contributed by atoms with van der Waals surface area (Å²) >= 11 is 0. The van der Waals surface area contributed by atoms with E-state index in [0.717, 1.165) is 0 Å². The summed E-state index contributed by atoms with van der Waals surface area (Å²) in [5.41, 5.74) is 4.39. The fourth-order valence-electron chi connectivity index (χ4n) is 1.41. The van der Waals surface area contributed by atoms with Crippen molar-refractivity contribution in [2.45, 2.75) is 34.6 Å². The first kappa shape index (κ1) is 18.7. The summed E-state index contributed by atoms with van der Waals surface area (Å²) in [5.74, 6) is 0. The van der Waals surface area contributed by atoms with Crippen LogP contribution in [0, 0.1) is 26.3 Å². The molecule has 0 amide bonds. The van der Waals surface area contributed by atoms with Crippen molar-refractivity contribution in [1.29, 1.82) is 0 Å². The van der Waals surface area contributed by atoms with Crippen LogP contribution in [0.25, 0.3) is 0 Å². The average Bonchev–Trinajstić information content (AvgIpc) is 1.95. The third-order valence-electron chi connectivity index (χ3n) is 2.56. The molecule has 1 heteroatoms. The van der Waals surface area contributed by atoms with Gasteiger partial charge in [0, 0.05) is 0 Å². The van der Waals surface area contributed by atoms with Crippen LogP contribution >= 0.6 is 0 Å². The van der Waals surface area contributed by atoms with Gasteiger partial charge in [0.05, 0.1) is 0 Å². The Morgan fingerprint density at radius 3 is 1.46 bits per heavy atom. The summed E-state index contributed by atoms with van der Waals surface area (Å²) in [7, 11) is 0. The molecule has 0 atom stereocenters. The molecule has 75 valence electrons.